The van der Waals surface area contributed by atoms with Gasteiger partial charge in [0.25, 0.3) is 0 Å². The molecule has 0 heterocycles. The molecule has 102 valence electrons. The number of carbonyl (C=O) groups is 1. The Morgan fingerprint density at radius 2 is 1.83 bits per heavy atom. The Balaban J connectivity index is 0.00000137. The van der Waals surface area contributed by atoms with Crippen LogP contribution in [0.5, 0.6) is 0 Å². The second-order valence-electron chi connectivity index (χ2n) is 3.24. The van der Waals surface area contributed by atoms with Gasteiger partial charge in [0.1, 0.15) is 6.54 Å². The van der Waals surface area contributed by atoms with Gasteiger partial charge >= 0.3 is 5.97 Å². The number of aryl methyl sites for hydroxylation is 1. The Morgan fingerprint density at radius 3 is 2.39 bits per heavy atom. The van der Waals surface area contributed by atoms with E-state index in [1.165, 1.54) is 0 Å². The Kier molecular flexibility index (Phi) is 8.59. The van der Waals surface area contributed by atoms with Crippen LogP contribution in [0.2, 0.25) is 10.0 Å². The first-order valence-corrected chi connectivity index (χ1v) is 6.65. The van der Waals surface area contributed by atoms with Crippen molar-refractivity contribution < 1.29 is 9.53 Å². The van der Waals surface area contributed by atoms with E-state index in [1.807, 2.05) is 20.8 Å². The van der Waals surface area contributed by atoms with Gasteiger partial charge in [-0.3, -0.25) is 4.79 Å². The van der Waals surface area contributed by atoms with E-state index in [0.29, 0.717) is 16.7 Å². The van der Waals surface area contributed by atoms with E-state index in [1.54, 1.807) is 19.1 Å². The second kappa shape index (κ2) is 9.06. The van der Waals surface area contributed by atoms with Crippen LogP contribution >= 0.6 is 23.2 Å². The monoisotopic (exact) mass is 291 g/mol. The van der Waals surface area contributed by atoms with Gasteiger partial charge in [-0.1, -0.05) is 37.0 Å². The van der Waals surface area contributed by atoms with Crippen LogP contribution in [0.3, 0.4) is 0 Å². The van der Waals surface area contributed by atoms with Gasteiger partial charge in [0.15, 0.2) is 0 Å². The zero-order chi connectivity index (χ0) is 14.1. The fourth-order valence-electron chi connectivity index (χ4n) is 1.22. The molecule has 0 unspecified atom stereocenters. The molecule has 0 radical (unpaired) electrons. The third kappa shape index (κ3) is 5.61. The summed E-state index contributed by atoms with van der Waals surface area (Å²) in [5.74, 6) is -0.298. The zero-order valence-corrected chi connectivity index (χ0v) is 12.7. The van der Waals surface area contributed by atoms with E-state index in [2.05, 4.69) is 5.32 Å². The number of ether oxygens (including phenoxy) is 1. The third-order valence-corrected chi connectivity index (χ3v) is 2.72. The number of halogens is 2. The van der Waals surface area contributed by atoms with E-state index in [0.717, 1.165) is 11.3 Å². The molecule has 1 rings (SSSR count). The van der Waals surface area contributed by atoms with Crippen molar-refractivity contribution in [3.63, 3.8) is 0 Å². The normalized spacial score (nSPS) is 9.22. The lowest BCUT2D eigenvalue weighted by molar-refractivity contribution is -0.140. The van der Waals surface area contributed by atoms with Crippen molar-refractivity contribution in [1.82, 2.24) is 0 Å². The molecule has 0 bridgehead atoms. The highest BCUT2D eigenvalue weighted by molar-refractivity contribution is 6.42. The number of benzene rings is 1. The number of hydrogen-bond acceptors (Lipinski definition) is 3. The molecule has 0 saturated carbocycles. The molecule has 1 aromatic carbocycles. The van der Waals surface area contributed by atoms with Crippen molar-refractivity contribution in [2.75, 3.05) is 18.5 Å². The summed E-state index contributed by atoms with van der Waals surface area (Å²) in [6, 6.07) is 3.44. The van der Waals surface area contributed by atoms with Crippen LogP contribution in [0, 0.1) is 6.92 Å². The van der Waals surface area contributed by atoms with Crippen LogP contribution in [0.1, 0.15) is 26.3 Å². The van der Waals surface area contributed by atoms with E-state index in [-0.39, 0.29) is 12.5 Å². The molecule has 0 aliphatic rings. The maximum absolute atomic E-state index is 11.1. The molecule has 1 N–H and O–H groups in total. The number of rotatable bonds is 4. The van der Waals surface area contributed by atoms with Crippen LogP contribution in [-0.4, -0.2) is 19.1 Å². The van der Waals surface area contributed by atoms with Crippen molar-refractivity contribution in [1.29, 1.82) is 0 Å². The summed E-state index contributed by atoms with van der Waals surface area (Å²) in [6.07, 6.45) is 0. The van der Waals surface area contributed by atoms with Gasteiger partial charge in [-0.15, -0.1) is 0 Å². The lowest BCUT2D eigenvalue weighted by Crippen LogP contribution is -2.17. The number of nitrogens with one attached hydrogen (secondary N) is 1. The van der Waals surface area contributed by atoms with Gasteiger partial charge in [0, 0.05) is 5.69 Å². The first-order chi connectivity index (χ1) is 8.54. The van der Waals surface area contributed by atoms with Gasteiger partial charge in [-0.25, -0.2) is 0 Å². The van der Waals surface area contributed by atoms with Crippen LogP contribution in [0.4, 0.5) is 5.69 Å². The van der Waals surface area contributed by atoms with Gasteiger partial charge < -0.3 is 10.1 Å². The summed E-state index contributed by atoms with van der Waals surface area (Å²) in [7, 11) is 0. The van der Waals surface area contributed by atoms with Gasteiger partial charge in [0.2, 0.25) is 0 Å². The third-order valence-electron chi connectivity index (χ3n) is 2.00. The Labute approximate surface area is 118 Å². The van der Waals surface area contributed by atoms with Crippen LogP contribution < -0.4 is 5.32 Å². The smallest absolute Gasteiger partial charge is 0.325 e. The average molecular weight is 292 g/mol. The molecule has 0 saturated heterocycles. The fourth-order valence-corrected chi connectivity index (χ4v) is 1.60. The largest absolute Gasteiger partial charge is 0.465 e. The maximum atomic E-state index is 11.1. The van der Waals surface area contributed by atoms with Crippen molar-refractivity contribution in [3.8, 4) is 0 Å². The highest BCUT2D eigenvalue weighted by Gasteiger charge is 2.06. The minimum Gasteiger partial charge on any atom is -0.465 e. The summed E-state index contributed by atoms with van der Waals surface area (Å²) in [5.41, 5.74) is 1.71. The molecule has 0 atom stereocenters. The van der Waals surface area contributed by atoms with Gasteiger partial charge in [-0.2, -0.15) is 0 Å². The number of anilines is 1. The topological polar surface area (TPSA) is 38.3 Å². The molecule has 0 spiro atoms. The predicted octanol–water partition coefficient (Wildman–Crippen LogP) is 4.30. The number of carbonyl (C=O) groups excluding carboxylic acids is 1. The predicted molar refractivity (Wildman–Crippen MR) is 77.7 cm³/mol. The van der Waals surface area contributed by atoms with Gasteiger partial charge in [0.05, 0.1) is 16.7 Å². The number of hydrogen-bond donors (Lipinski definition) is 1. The molecule has 1 aromatic rings. The van der Waals surface area contributed by atoms with Crippen LogP contribution in [0.25, 0.3) is 0 Å². The molecule has 18 heavy (non-hydrogen) atoms. The van der Waals surface area contributed by atoms with Crippen LogP contribution in [-0.2, 0) is 9.53 Å². The van der Waals surface area contributed by atoms with E-state index >= 15 is 0 Å². The molecule has 0 fully saturated rings. The van der Waals surface area contributed by atoms with E-state index < -0.39 is 0 Å². The lowest BCUT2D eigenvalue weighted by Gasteiger charge is -2.10. The Bertz CT molecular complexity index is 395. The molecule has 0 aromatic heterocycles. The highest BCUT2D eigenvalue weighted by atomic mass is 35.5. The summed E-state index contributed by atoms with van der Waals surface area (Å²) in [6.45, 7) is 8.14. The molecule has 5 heteroatoms. The molecular formula is C13H19Cl2NO2. The van der Waals surface area contributed by atoms with Crippen LogP contribution in [0.15, 0.2) is 12.1 Å². The minimum atomic E-state index is -0.298. The van der Waals surface area contributed by atoms with E-state index in [9.17, 15) is 4.79 Å². The zero-order valence-electron chi connectivity index (χ0n) is 11.1. The summed E-state index contributed by atoms with van der Waals surface area (Å²) in [5, 5.41) is 3.91. The quantitative estimate of drug-likeness (QED) is 0.841. The maximum Gasteiger partial charge on any atom is 0.325 e. The summed E-state index contributed by atoms with van der Waals surface area (Å²) in [4.78, 5) is 11.1. The molecule has 3 nitrogen and oxygen atoms in total. The van der Waals surface area contributed by atoms with Crippen molar-refractivity contribution in [2.45, 2.75) is 27.7 Å². The summed E-state index contributed by atoms with van der Waals surface area (Å²) >= 11 is 11.7. The van der Waals surface area contributed by atoms with Crippen molar-refractivity contribution >= 4 is 34.9 Å². The standard InChI is InChI=1S/C11H13Cl2NO2.C2H6/c1-3-16-11(15)6-14-10-5-9(13)8(12)4-7(10)2;1-2/h4-5,14H,3,6H2,1-2H3;1-2H3. The van der Waals surface area contributed by atoms with E-state index in [4.69, 9.17) is 27.9 Å². The van der Waals surface area contributed by atoms with Crippen molar-refractivity contribution in [3.05, 3.63) is 27.7 Å². The SMILES string of the molecule is CC.CCOC(=O)CNc1cc(Cl)c(Cl)cc1C. The first kappa shape index (κ1) is 17.1. The second-order valence-corrected chi connectivity index (χ2v) is 4.05. The average Bonchev–Trinajstić information content (AvgIpc) is 2.35. The minimum absolute atomic E-state index is 0.118. The molecule has 0 aliphatic heterocycles. The van der Waals surface area contributed by atoms with Crippen molar-refractivity contribution in [2.24, 2.45) is 0 Å². The Hall–Kier alpha value is -0.930. The molecule has 0 aliphatic carbocycles. The molecular weight excluding hydrogens is 273 g/mol. The van der Waals surface area contributed by atoms with Gasteiger partial charge in [-0.05, 0) is 31.5 Å². The lowest BCUT2D eigenvalue weighted by atomic mass is 10.2. The summed E-state index contributed by atoms with van der Waals surface area (Å²) < 4.78 is 4.80. The fraction of sp³-hybridized carbons (Fsp3) is 0.462. The molecule has 0 amide bonds. The first-order valence-electron chi connectivity index (χ1n) is 5.89. The number of esters is 1. The Morgan fingerprint density at radius 1 is 1.28 bits per heavy atom. The highest BCUT2D eigenvalue weighted by Crippen LogP contribution is 2.28.